The van der Waals surface area contributed by atoms with Gasteiger partial charge in [-0.25, -0.2) is 0 Å². The fourth-order valence-corrected chi connectivity index (χ4v) is 4.19. The molecular formula is C14H17ClN4O3. The van der Waals surface area contributed by atoms with E-state index in [0.717, 1.165) is 6.42 Å². The molecule has 3 aliphatic heterocycles. The molecule has 1 aromatic heterocycles. The molecule has 0 aromatic carbocycles. The first kappa shape index (κ1) is 14.0. The van der Waals surface area contributed by atoms with Crippen LogP contribution in [-0.4, -0.2) is 62.9 Å². The Hall–Kier alpha value is -1.60. The summed E-state index contributed by atoms with van der Waals surface area (Å²) in [5.41, 5.74) is -0.394. The lowest BCUT2D eigenvalue weighted by Gasteiger charge is -2.42. The van der Waals surface area contributed by atoms with Gasteiger partial charge in [0.15, 0.2) is 11.4 Å². The van der Waals surface area contributed by atoms with Crippen molar-refractivity contribution in [3.63, 3.8) is 0 Å². The number of ether oxygens (including phenoxy) is 1. The van der Waals surface area contributed by atoms with Crippen molar-refractivity contribution in [2.75, 3.05) is 19.7 Å². The summed E-state index contributed by atoms with van der Waals surface area (Å²) in [5, 5.41) is 4.48. The molecule has 4 heterocycles. The van der Waals surface area contributed by atoms with Crippen molar-refractivity contribution >= 4 is 23.4 Å². The molecule has 3 saturated heterocycles. The normalized spacial score (nSPS) is 30.6. The van der Waals surface area contributed by atoms with Crippen molar-refractivity contribution in [2.45, 2.75) is 31.0 Å². The molecular weight excluding hydrogens is 308 g/mol. The Bertz CT molecular complexity index is 661. The zero-order chi connectivity index (χ0) is 15.5. The molecule has 8 heteroatoms. The summed E-state index contributed by atoms with van der Waals surface area (Å²) >= 11 is 6.09. The van der Waals surface area contributed by atoms with E-state index in [1.165, 1.54) is 4.68 Å². The Labute approximate surface area is 132 Å². The average Bonchev–Trinajstić information content (AvgIpc) is 3.08. The van der Waals surface area contributed by atoms with Crippen LogP contribution in [0.5, 0.6) is 0 Å². The minimum atomic E-state index is -0.633. The highest BCUT2D eigenvalue weighted by atomic mass is 35.5. The number of carbonyl (C=O) groups is 2. The molecule has 4 rings (SSSR count). The smallest absolute Gasteiger partial charge is 0.276 e. The predicted molar refractivity (Wildman–Crippen MR) is 77.3 cm³/mol. The maximum Gasteiger partial charge on any atom is 0.276 e. The van der Waals surface area contributed by atoms with Gasteiger partial charge in [0.05, 0.1) is 24.1 Å². The highest BCUT2D eigenvalue weighted by molar-refractivity contribution is 6.33. The fourth-order valence-electron chi connectivity index (χ4n) is 3.93. The van der Waals surface area contributed by atoms with Gasteiger partial charge in [0, 0.05) is 32.8 Å². The molecule has 0 saturated carbocycles. The quantitative estimate of drug-likeness (QED) is 0.760. The molecule has 0 bridgehead atoms. The second kappa shape index (κ2) is 4.70. The summed E-state index contributed by atoms with van der Waals surface area (Å²) in [5.74, 6) is -0.161. The Morgan fingerprint density at radius 2 is 2.32 bits per heavy atom. The zero-order valence-electron chi connectivity index (χ0n) is 12.3. The lowest BCUT2D eigenvalue weighted by molar-refractivity contribution is -0.179. The van der Waals surface area contributed by atoms with Gasteiger partial charge in [-0.05, 0) is 6.42 Å². The highest BCUT2D eigenvalue weighted by Gasteiger charge is 2.61. The third kappa shape index (κ3) is 1.75. The number of aromatic nitrogens is 2. The van der Waals surface area contributed by atoms with E-state index in [0.29, 0.717) is 37.6 Å². The second-order valence-electron chi connectivity index (χ2n) is 6.06. The third-order valence-electron chi connectivity index (χ3n) is 4.86. The first-order chi connectivity index (χ1) is 10.5. The van der Waals surface area contributed by atoms with Gasteiger partial charge < -0.3 is 14.5 Å². The summed E-state index contributed by atoms with van der Waals surface area (Å²) in [4.78, 5) is 28.6. The van der Waals surface area contributed by atoms with E-state index in [9.17, 15) is 9.59 Å². The molecule has 118 valence electrons. The standard InChI is InChI=1S/C14H17ClN4O3/c1-17-8-9(15)12(16-17)13(21)18-5-3-14-10(18)7-11(20)19(14)4-2-6-22-14/h8,10H,2-7H2,1H3/t10-,14+/m1/s1. The molecule has 0 aliphatic carbocycles. The van der Waals surface area contributed by atoms with E-state index >= 15 is 0 Å². The van der Waals surface area contributed by atoms with Crippen LogP contribution in [0.25, 0.3) is 0 Å². The average molecular weight is 325 g/mol. The van der Waals surface area contributed by atoms with Gasteiger partial charge in [0.25, 0.3) is 5.91 Å². The van der Waals surface area contributed by atoms with Gasteiger partial charge >= 0.3 is 0 Å². The van der Waals surface area contributed by atoms with Crippen molar-refractivity contribution in [2.24, 2.45) is 7.05 Å². The number of likely N-dealkylation sites (tertiary alicyclic amines) is 1. The van der Waals surface area contributed by atoms with Crippen molar-refractivity contribution in [3.05, 3.63) is 16.9 Å². The molecule has 3 fully saturated rings. The summed E-state index contributed by atoms with van der Waals surface area (Å²) < 4.78 is 7.51. The maximum absolute atomic E-state index is 12.8. The molecule has 1 spiro atoms. The Balaban J connectivity index is 1.66. The molecule has 0 N–H and O–H groups in total. The molecule has 1 aromatic rings. The summed E-state index contributed by atoms with van der Waals surface area (Å²) in [7, 11) is 1.72. The number of amides is 2. The lowest BCUT2D eigenvalue weighted by atomic mass is 10.0. The van der Waals surface area contributed by atoms with E-state index in [1.54, 1.807) is 18.1 Å². The van der Waals surface area contributed by atoms with Crippen molar-refractivity contribution < 1.29 is 14.3 Å². The van der Waals surface area contributed by atoms with Crippen LogP contribution in [0.2, 0.25) is 5.02 Å². The number of carbonyl (C=O) groups excluding carboxylic acids is 2. The van der Waals surface area contributed by atoms with E-state index in [-0.39, 0.29) is 23.6 Å². The molecule has 0 unspecified atom stereocenters. The van der Waals surface area contributed by atoms with Crippen molar-refractivity contribution in [1.29, 1.82) is 0 Å². The first-order valence-corrected chi connectivity index (χ1v) is 7.85. The number of nitrogens with zero attached hydrogens (tertiary/aromatic N) is 4. The first-order valence-electron chi connectivity index (χ1n) is 7.47. The van der Waals surface area contributed by atoms with Crippen LogP contribution >= 0.6 is 11.6 Å². The van der Waals surface area contributed by atoms with Gasteiger partial charge in [0.1, 0.15) is 0 Å². The van der Waals surface area contributed by atoms with Crippen molar-refractivity contribution in [3.8, 4) is 0 Å². The highest BCUT2D eigenvalue weighted by Crippen LogP contribution is 2.45. The molecule has 2 atom stereocenters. The number of hydrogen-bond donors (Lipinski definition) is 0. The Morgan fingerprint density at radius 3 is 3.05 bits per heavy atom. The van der Waals surface area contributed by atoms with E-state index in [2.05, 4.69) is 5.10 Å². The van der Waals surface area contributed by atoms with E-state index < -0.39 is 5.72 Å². The third-order valence-corrected chi connectivity index (χ3v) is 5.14. The molecule has 2 amide bonds. The maximum atomic E-state index is 12.8. The predicted octanol–water partition coefficient (Wildman–Crippen LogP) is 0.637. The minimum absolute atomic E-state index is 0.0642. The lowest BCUT2D eigenvalue weighted by Crippen LogP contribution is -2.56. The Kier molecular flexibility index (Phi) is 2.99. The van der Waals surface area contributed by atoms with Gasteiger partial charge in [-0.3, -0.25) is 14.3 Å². The zero-order valence-corrected chi connectivity index (χ0v) is 13.0. The van der Waals surface area contributed by atoms with Crippen LogP contribution in [0.3, 0.4) is 0 Å². The van der Waals surface area contributed by atoms with Crippen LogP contribution in [0.15, 0.2) is 6.20 Å². The fraction of sp³-hybridized carbons (Fsp3) is 0.643. The van der Waals surface area contributed by atoms with Crippen LogP contribution in [0.1, 0.15) is 29.8 Å². The van der Waals surface area contributed by atoms with Crippen LogP contribution in [0, 0.1) is 0 Å². The number of aryl methyl sites for hydroxylation is 1. The van der Waals surface area contributed by atoms with Gasteiger partial charge in [0.2, 0.25) is 5.91 Å². The van der Waals surface area contributed by atoms with E-state index in [4.69, 9.17) is 16.3 Å². The number of hydrogen-bond acceptors (Lipinski definition) is 4. The van der Waals surface area contributed by atoms with Gasteiger partial charge in [-0.15, -0.1) is 0 Å². The summed E-state index contributed by atoms with van der Waals surface area (Å²) in [6, 6.07) is -0.245. The van der Waals surface area contributed by atoms with E-state index in [1.807, 2.05) is 4.90 Å². The summed E-state index contributed by atoms with van der Waals surface area (Å²) in [6.07, 6.45) is 3.42. The topological polar surface area (TPSA) is 67.7 Å². The van der Waals surface area contributed by atoms with Crippen molar-refractivity contribution in [1.82, 2.24) is 19.6 Å². The van der Waals surface area contributed by atoms with Crippen LogP contribution in [0.4, 0.5) is 0 Å². The largest absolute Gasteiger partial charge is 0.353 e. The van der Waals surface area contributed by atoms with Gasteiger partial charge in [-0.1, -0.05) is 11.6 Å². The van der Waals surface area contributed by atoms with Gasteiger partial charge in [-0.2, -0.15) is 5.10 Å². The molecule has 3 aliphatic rings. The monoisotopic (exact) mass is 324 g/mol. The second-order valence-corrected chi connectivity index (χ2v) is 6.47. The Morgan fingerprint density at radius 1 is 1.50 bits per heavy atom. The number of rotatable bonds is 1. The molecule has 7 nitrogen and oxygen atoms in total. The molecule has 22 heavy (non-hydrogen) atoms. The summed E-state index contributed by atoms with van der Waals surface area (Å²) in [6.45, 7) is 1.90. The van der Waals surface area contributed by atoms with Crippen LogP contribution < -0.4 is 0 Å². The minimum Gasteiger partial charge on any atom is -0.353 e. The molecule has 0 radical (unpaired) electrons. The van der Waals surface area contributed by atoms with Crippen LogP contribution in [-0.2, 0) is 16.6 Å². The SMILES string of the molecule is Cn1cc(Cl)c(C(=O)N2CC[C@@]34OCCCN3C(=O)C[C@@H]24)n1. The number of halogens is 1.